The smallest absolute Gasteiger partial charge is 0.217 e. The van der Waals surface area contributed by atoms with Gasteiger partial charge < -0.3 is 19.9 Å². The number of rotatable bonds is 8. The first-order valence-corrected chi connectivity index (χ1v) is 16.2. The summed E-state index contributed by atoms with van der Waals surface area (Å²) in [5.41, 5.74) is 6.97. The average molecular weight is 597 g/mol. The highest BCUT2D eigenvalue weighted by atomic mass is 16.7. The second kappa shape index (κ2) is 12.4. The van der Waals surface area contributed by atoms with E-state index < -0.39 is 6.29 Å². The average Bonchev–Trinajstić information content (AvgIpc) is 3.24. The van der Waals surface area contributed by atoms with Gasteiger partial charge >= 0.3 is 0 Å². The maximum absolute atomic E-state index is 11.5. The highest BCUT2D eigenvalue weighted by molar-refractivity contribution is 5.73. The fourth-order valence-electron chi connectivity index (χ4n) is 8.30. The predicted molar refractivity (Wildman–Crippen MR) is 173 cm³/mol. The van der Waals surface area contributed by atoms with Crippen LogP contribution in [0.3, 0.4) is 0 Å². The first kappa shape index (κ1) is 31.0. The summed E-state index contributed by atoms with van der Waals surface area (Å²) in [7, 11) is 0. The zero-order valence-electron chi connectivity index (χ0n) is 26.9. The molecular weight excluding hydrogens is 548 g/mol. The number of amides is 1. The lowest BCUT2D eigenvalue weighted by Gasteiger charge is -2.43. The van der Waals surface area contributed by atoms with Crippen LogP contribution in [-0.2, 0) is 27.4 Å². The molecule has 3 aliphatic rings. The van der Waals surface area contributed by atoms with Gasteiger partial charge in [0.25, 0.3) is 0 Å². The molecule has 1 amide bonds. The number of aliphatic hydroxyl groups excluding tert-OH is 1. The van der Waals surface area contributed by atoms with Gasteiger partial charge in [-0.2, -0.15) is 0 Å². The Morgan fingerprint density at radius 3 is 2.39 bits per heavy atom. The fraction of sp³-hybridized carbons (Fsp3) is 0.500. The highest BCUT2D eigenvalue weighted by Gasteiger charge is 2.51. The Bertz CT molecular complexity index is 1470. The molecule has 2 bridgehead atoms. The molecule has 6 heteroatoms. The van der Waals surface area contributed by atoms with Gasteiger partial charge in [0.1, 0.15) is 0 Å². The number of nitrogens with zero attached hydrogens (tertiary/aromatic N) is 1. The largest absolute Gasteiger partial charge is 0.392 e. The van der Waals surface area contributed by atoms with Gasteiger partial charge in [-0.05, 0) is 70.0 Å². The molecule has 0 aromatic heterocycles. The lowest BCUT2D eigenvalue weighted by molar-refractivity contribution is -0.276. The molecule has 1 saturated carbocycles. The Morgan fingerprint density at radius 2 is 1.66 bits per heavy atom. The molecular formula is C38H48N2O4. The summed E-state index contributed by atoms with van der Waals surface area (Å²) >= 11 is 0. The van der Waals surface area contributed by atoms with Crippen LogP contribution in [0.25, 0.3) is 11.1 Å². The minimum atomic E-state index is -0.504. The Kier molecular flexibility index (Phi) is 8.73. The van der Waals surface area contributed by atoms with E-state index in [0.717, 1.165) is 46.5 Å². The van der Waals surface area contributed by atoms with Gasteiger partial charge in [-0.25, -0.2) is 0 Å². The van der Waals surface area contributed by atoms with E-state index in [1.165, 1.54) is 26.2 Å². The van der Waals surface area contributed by atoms with Crippen molar-refractivity contribution in [1.82, 2.24) is 10.2 Å². The molecule has 0 spiro atoms. The third-order valence-corrected chi connectivity index (χ3v) is 10.0. The summed E-state index contributed by atoms with van der Waals surface area (Å²) in [6, 6.07) is 25.5. The van der Waals surface area contributed by atoms with Gasteiger partial charge in [0.05, 0.1) is 18.8 Å². The first-order chi connectivity index (χ1) is 21.0. The van der Waals surface area contributed by atoms with Crippen LogP contribution in [0.5, 0.6) is 0 Å². The molecule has 3 fully saturated rings. The predicted octanol–water partition coefficient (Wildman–Crippen LogP) is 7.17. The van der Waals surface area contributed by atoms with Crippen molar-refractivity contribution in [3.8, 4) is 11.1 Å². The summed E-state index contributed by atoms with van der Waals surface area (Å²) < 4.78 is 13.7. The monoisotopic (exact) mass is 596 g/mol. The van der Waals surface area contributed by atoms with Crippen molar-refractivity contribution >= 4 is 5.91 Å². The van der Waals surface area contributed by atoms with Crippen LogP contribution in [0.4, 0.5) is 0 Å². The van der Waals surface area contributed by atoms with E-state index in [9.17, 15) is 9.90 Å². The van der Waals surface area contributed by atoms with E-state index in [-0.39, 0.29) is 30.6 Å². The molecule has 3 aromatic rings. The lowest BCUT2D eigenvalue weighted by Crippen LogP contribution is -2.46. The molecule has 2 saturated heterocycles. The lowest BCUT2D eigenvalue weighted by atomic mass is 9.65. The number of carbonyl (C=O) groups excluding carboxylic acids is 1. The van der Waals surface area contributed by atoms with Gasteiger partial charge in [0, 0.05) is 44.1 Å². The third-order valence-electron chi connectivity index (χ3n) is 10.0. The number of hydrogen-bond donors (Lipinski definition) is 2. The summed E-state index contributed by atoms with van der Waals surface area (Å²) in [4.78, 5) is 14.2. The SMILES string of the molecule is CC(=O)NCc1cccc(-c2cccc([C@@H]3O[C@H](CN4CC5(C)CC4CC(C)(C)C5)[C@H](C)[C@H](c4ccc(CO)cc4)O3)c2)c1. The van der Waals surface area contributed by atoms with Gasteiger partial charge in [0.2, 0.25) is 5.91 Å². The molecule has 2 heterocycles. The van der Waals surface area contributed by atoms with Crippen LogP contribution in [0.15, 0.2) is 72.8 Å². The van der Waals surface area contributed by atoms with E-state index in [1.54, 1.807) is 0 Å². The van der Waals surface area contributed by atoms with Gasteiger partial charge in [-0.15, -0.1) is 0 Å². The Balaban J connectivity index is 1.28. The second-order valence-corrected chi connectivity index (χ2v) is 14.7. The maximum atomic E-state index is 11.5. The number of hydrogen-bond acceptors (Lipinski definition) is 5. The first-order valence-electron chi connectivity index (χ1n) is 16.2. The molecule has 0 radical (unpaired) electrons. The minimum absolute atomic E-state index is 0.00645. The van der Waals surface area contributed by atoms with Crippen LogP contribution in [0, 0.1) is 16.7 Å². The standard InChI is InChI=1S/C38H48N2O4/c1-25-34(21-40-24-38(5)19-33(40)18-37(3,4)23-38)43-36(44-35(25)29-14-12-27(22-41)13-15-29)32-11-7-10-31(17-32)30-9-6-8-28(16-30)20-39-26(2)42/h6-17,25,33-36,41H,18-24H2,1-5H3,(H,39,42)/t25-,33?,34+,35+,36+,38?/m0/s1. The van der Waals surface area contributed by atoms with Gasteiger partial charge in [-0.1, -0.05) is 88.4 Å². The molecule has 1 aliphatic carbocycles. The normalized spacial score (nSPS) is 29.8. The molecule has 3 aromatic carbocycles. The van der Waals surface area contributed by atoms with Crippen LogP contribution in [0.1, 0.15) is 88.5 Å². The van der Waals surface area contributed by atoms with Crippen molar-refractivity contribution in [1.29, 1.82) is 0 Å². The molecule has 6 atom stereocenters. The van der Waals surface area contributed by atoms with Crippen molar-refractivity contribution < 1.29 is 19.4 Å². The summed E-state index contributed by atoms with van der Waals surface area (Å²) in [6.45, 7) is 13.7. The number of aliphatic hydroxyl groups is 1. The number of benzene rings is 3. The van der Waals surface area contributed by atoms with Crippen LogP contribution in [0.2, 0.25) is 0 Å². The van der Waals surface area contributed by atoms with E-state index in [0.29, 0.717) is 23.4 Å². The van der Waals surface area contributed by atoms with Crippen molar-refractivity contribution in [2.24, 2.45) is 16.7 Å². The molecule has 6 nitrogen and oxygen atoms in total. The van der Waals surface area contributed by atoms with Gasteiger partial charge in [-0.3, -0.25) is 9.69 Å². The topological polar surface area (TPSA) is 71.0 Å². The van der Waals surface area contributed by atoms with Crippen molar-refractivity contribution in [3.63, 3.8) is 0 Å². The quantitative estimate of drug-likeness (QED) is 0.288. The highest BCUT2D eigenvalue weighted by Crippen LogP contribution is 2.53. The zero-order chi connectivity index (χ0) is 31.1. The number of carbonyl (C=O) groups is 1. The summed E-state index contributed by atoms with van der Waals surface area (Å²) in [5.74, 6) is 0.115. The molecule has 2 unspecified atom stereocenters. The minimum Gasteiger partial charge on any atom is -0.392 e. The Hall–Kier alpha value is -3.03. The third kappa shape index (κ3) is 6.79. The van der Waals surface area contributed by atoms with Crippen molar-refractivity contribution in [2.75, 3.05) is 13.1 Å². The maximum Gasteiger partial charge on any atom is 0.217 e. The zero-order valence-corrected chi connectivity index (χ0v) is 26.9. The van der Waals surface area contributed by atoms with Crippen molar-refractivity contribution in [3.05, 3.63) is 95.1 Å². The Morgan fingerprint density at radius 1 is 0.932 bits per heavy atom. The molecule has 2 N–H and O–H groups in total. The van der Waals surface area contributed by atoms with E-state index in [4.69, 9.17) is 9.47 Å². The van der Waals surface area contributed by atoms with Crippen LogP contribution >= 0.6 is 0 Å². The van der Waals surface area contributed by atoms with E-state index >= 15 is 0 Å². The van der Waals surface area contributed by atoms with E-state index in [1.807, 2.05) is 24.3 Å². The van der Waals surface area contributed by atoms with Crippen molar-refractivity contribution in [2.45, 2.75) is 91.6 Å². The fourth-order valence-corrected chi connectivity index (χ4v) is 8.30. The van der Waals surface area contributed by atoms with Crippen LogP contribution in [-0.4, -0.2) is 41.1 Å². The molecule has 234 valence electrons. The number of fused-ring (bicyclic) bond motifs is 2. The summed E-state index contributed by atoms with van der Waals surface area (Å²) in [6.07, 6.45) is 3.15. The second-order valence-electron chi connectivity index (χ2n) is 14.7. The van der Waals surface area contributed by atoms with E-state index in [2.05, 4.69) is 86.4 Å². The molecule has 2 aliphatic heterocycles. The Labute approximate surface area is 262 Å². The summed E-state index contributed by atoms with van der Waals surface area (Å²) in [5, 5.41) is 12.5. The molecule has 44 heavy (non-hydrogen) atoms. The number of ether oxygens (including phenoxy) is 2. The molecule has 6 rings (SSSR count). The van der Waals surface area contributed by atoms with Gasteiger partial charge in [0.15, 0.2) is 6.29 Å². The number of likely N-dealkylation sites (tertiary alicyclic amines) is 1. The van der Waals surface area contributed by atoms with Crippen LogP contribution < -0.4 is 5.32 Å². The number of nitrogens with one attached hydrogen (secondary N) is 1.